The molecule has 0 atom stereocenters. The van der Waals surface area contributed by atoms with Crippen molar-refractivity contribution in [2.75, 3.05) is 0 Å². The van der Waals surface area contributed by atoms with E-state index < -0.39 is 0 Å². The number of carbonyl (C=O) groups excluding carboxylic acids is 1. The van der Waals surface area contributed by atoms with Crippen LogP contribution in [0.3, 0.4) is 0 Å². The number of thioether (sulfide) groups is 1. The first-order valence-electron chi connectivity index (χ1n) is 6.00. The molecule has 2 aromatic rings. The maximum absolute atomic E-state index is 12.1. The van der Waals surface area contributed by atoms with E-state index in [1.54, 1.807) is 6.20 Å². The summed E-state index contributed by atoms with van der Waals surface area (Å²) in [6.45, 7) is 0. The molecule has 1 aliphatic rings. The molecule has 0 amide bonds. The molecule has 0 radical (unpaired) electrons. The number of hydrogen-bond acceptors (Lipinski definition) is 3. The number of fused-ring (bicyclic) bond motifs is 1. The molecule has 2 nitrogen and oxygen atoms in total. The number of pyridine rings is 1. The van der Waals surface area contributed by atoms with Gasteiger partial charge >= 0.3 is 29.6 Å². The molecule has 0 spiro atoms. The van der Waals surface area contributed by atoms with Crippen LogP contribution in [-0.4, -0.2) is 39.7 Å². The van der Waals surface area contributed by atoms with E-state index in [0.29, 0.717) is 5.12 Å². The summed E-state index contributed by atoms with van der Waals surface area (Å²) in [5.74, 6) is 0.269. The molecule has 1 fully saturated rings. The van der Waals surface area contributed by atoms with Crippen molar-refractivity contribution in [1.82, 2.24) is 4.98 Å². The number of hydrogen-bond donors (Lipinski definition) is 0. The minimum absolute atomic E-state index is 0. The molecule has 0 saturated heterocycles. The van der Waals surface area contributed by atoms with Crippen LogP contribution in [0.15, 0.2) is 39.8 Å². The van der Waals surface area contributed by atoms with Crippen LogP contribution in [-0.2, 0) is 4.79 Å². The van der Waals surface area contributed by atoms with Crippen LogP contribution in [0.2, 0.25) is 0 Å². The van der Waals surface area contributed by atoms with E-state index in [4.69, 9.17) is 0 Å². The molecule has 19 heavy (non-hydrogen) atoms. The van der Waals surface area contributed by atoms with Gasteiger partial charge in [-0.05, 0) is 37.1 Å². The molecule has 1 aromatic heterocycles. The van der Waals surface area contributed by atoms with Crippen molar-refractivity contribution in [1.29, 1.82) is 0 Å². The Morgan fingerprint density at radius 1 is 1.32 bits per heavy atom. The van der Waals surface area contributed by atoms with Crippen LogP contribution < -0.4 is 0 Å². The Kier molecular flexibility index (Phi) is 5.49. The van der Waals surface area contributed by atoms with E-state index in [0.717, 1.165) is 33.1 Å². The Morgan fingerprint density at radius 2 is 2.11 bits per heavy atom. The monoisotopic (exact) mass is 345 g/mol. The molecule has 0 aliphatic heterocycles. The summed E-state index contributed by atoms with van der Waals surface area (Å²) in [6, 6.07) is 7.89. The van der Waals surface area contributed by atoms with Crippen molar-refractivity contribution < 1.29 is 4.79 Å². The molecule has 94 valence electrons. The van der Waals surface area contributed by atoms with Crippen LogP contribution in [0.5, 0.6) is 0 Å². The molecule has 0 unspecified atom stereocenters. The van der Waals surface area contributed by atoms with E-state index in [2.05, 4.69) is 20.9 Å². The van der Waals surface area contributed by atoms with Gasteiger partial charge in [0.2, 0.25) is 0 Å². The first kappa shape index (κ1) is 15.5. The van der Waals surface area contributed by atoms with E-state index in [1.807, 2.05) is 24.3 Å². The summed E-state index contributed by atoms with van der Waals surface area (Å²) >= 11 is 4.83. The molecule has 1 heterocycles. The second kappa shape index (κ2) is 6.72. The molecule has 1 saturated carbocycles. The molecule has 3 rings (SSSR count). The molecular formula is C14H13BrNNaOS. The zero-order chi connectivity index (χ0) is 12.5. The van der Waals surface area contributed by atoms with E-state index >= 15 is 0 Å². The van der Waals surface area contributed by atoms with Gasteiger partial charge in [-0.15, -0.1) is 0 Å². The third kappa shape index (κ3) is 3.42. The van der Waals surface area contributed by atoms with Gasteiger partial charge in [0.25, 0.3) is 0 Å². The van der Waals surface area contributed by atoms with Gasteiger partial charge in [-0.25, -0.2) is 0 Å². The van der Waals surface area contributed by atoms with Crippen LogP contribution in [0.1, 0.15) is 19.3 Å². The summed E-state index contributed by atoms with van der Waals surface area (Å²) in [5, 5.41) is 1.35. The quantitative estimate of drug-likeness (QED) is 0.613. The second-order valence-corrected chi connectivity index (χ2v) is 6.48. The topological polar surface area (TPSA) is 30.0 Å². The third-order valence-electron chi connectivity index (χ3n) is 3.31. The van der Waals surface area contributed by atoms with Crippen LogP contribution >= 0.6 is 27.7 Å². The molecule has 5 heteroatoms. The summed E-state index contributed by atoms with van der Waals surface area (Å²) in [4.78, 5) is 17.4. The number of aromatic nitrogens is 1. The predicted molar refractivity (Wildman–Crippen MR) is 84.8 cm³/mol. The van der Waals surface area contributed by atoms with Gasteiger partial charge in [0, 0.05) is 26.9 Å². The molecule has 1 aromatic carbocycles. The van der Waals surface area contributed by atoms with Crippen molar-refractivity contribution in [3.8, 4) is 0 Å². The zero-order valence-electron chi connectivity index (χ0n) is 9.73. The van der Waals surface area contributed by atoms with Gasteiger partial charge in [-0.2, -0.15) is 0 Å². The Hall–Kier alpha value is 0.130. The SMILES string of the molecule is O=C(Sc1ccnc2ccc(Br)cc12)C1CCC1.[NaH]. The number of nitrogens with zero attached hydrogens (tertiary/aromatic N) is 1. The Bertz CT molecular complexity index is 615. The normalized spacial score (nSPS) is 14.8. The van der Waals surface area contributed by atoms with Gasteiger partial charge in [0.1, 0.15) is 0 Å². The summed E-state index contributed by atoms with van der Waals surface area (Å²) in [6.07, 6.45) is 5.07. The fourth-order valence-electron chi connectivity index (χ4n) is 2.02. The first-order chi connectivity index (χ1) is 8.74. The molecule has 0 bridgehead atoms. The van der Waals surface area contributed by atoms with E-state index in [1.165, 1.54) is 18.2 Å². The van der Waals surface area contributed by atoms with E-state index in [-0.39, 0.29) is 35.5 Å². The number of benzene rings is 1. The predicted octanol–water partition coefficient (Wildman–Crippen LogP) is 3.77. The van der Waals surface area contributed by atoms with Gasteiger partial charge in [-0.1, -0.05) is 34.1 Å². The summed E-state index contributed by atoms with van der Waals surface area (Å²) in [7, 11) is 0. The average molecular weight is 346 g/mol. The van der Waals surface area contributed by atoms with Crippen LogP contribution in [0, 0.1) is 5.92 Å². The van der Waals surface area contributed by atoms with Crippen molar-refractivity contribution in [2.45, 2.75) is 24.2 Å². The van der Waals surface area contributed by atoms with Crippen LogP contribution in [0.4, 0.5) is 0 Å². The van der Waals surface area contributed by atoms with Crippen LogP contribution in [0.25, 0.3) is 10.9 Å². The Balaban J connectivity index is 0.00000133. The van der Waals surface area contributed by atoms with Gasteiger partial charge in [-0.3, -0.25) is 9.78 Å². The minimum atomic E-state index is 0. The Morgan fingerprint density at radius 3 is 2.79 bits per heavy atom. The fourth-order valence-corrected chi connectivity index (χ4v) is 3.40. The number of halogens is 1. The fraction of sp³-hybridized carbons (Fsp3) is 0.286. The van der Waals surface area contributed by atoms with Crippen molar-refractivity contribution in [3.63, 3.8) is 0 Å². The molecular weight excluding hydrogens is 333 g/mol. The number of carbonyl (C=O) groups is 1. The van der Waals surface area contributed by atoms with Crippen molar-refractivity contribution in [3.05, 3.63) is 34.9 Å². The molecule has 0 N–H and O–H groups in total. The van der Waals surface area contributed by atoms with Gasteiger partial charge in [0.05, 0.1) is 5.52 Å². The average Bonchev–Trinajstić information content (AvgIpc) is 2.27. The van der Waals surface area contributed by atoms with Crippen molar-refractivity contribution in [2.24, 2.45) is 5.92 Å². The van der Waals surface area contributed by atoms with E-state index in [9.17, 15) is 4.79 Å². The standard InChI is InChI=1S/C14H12BrNOS.Na.H/c15-10-4-5-12-11(8-10)13(6-7-16-12)18-14(17)9-2-1-3-9;;/h4-9H,1-3H2;;. The maximum atomic E-state index is 12.1. The van der Waals surface area contributed by atoms with Crippen molar-refractivity contribution >= 4 is 73.3 Å². The number of rotatable bonds is 2. The molecule has 1 aliphatic carbocycles. The summed E-state index contributed by atoms with van der Waals surface area (Å²) < 4.78 is 1.01. The summed E-state index contributed by atoms with van der Waals surface area (Å²) in [5.41, 5.74) is 0.935. The Labute approximate surface area is 147 Å². The second-order valence-electron chi connectivity index (χ2n) is 4.52. The zero-order valence-corrected chi connectivity index (χ0v) is 12.1. The van der Waals surface area contributed by atoms with Gasteiger partial charge in [0.15, 0.2) is 5.12 Å². The third-order valence-corrected chi connectivity index (χ3v) is 4.92. The first-order valence-corrected chi connectivity index (χ1v) is 7.61. The van der Waals surface area contributed by atoms with Gasteiger partial charge < -0.3 is 0 Å².